The number of ether oxygens (including phenoxy) is 1. The molecule has 4 heteroatoms. The second-order valence-electron chi connectivity index (χ2n) is 6.15. The van der Waals surface area contributed by atoms with Crippen molar-refractivity contribution in [3.63, 3.8) is 0 Å². The number of rotatable bonds is 8. The molecule has 2 rings (SSSR count). The molecule has 1 unspecified atom stereocenters. The van der Waals surface area contributed by atoms with Crippen molar-refractivity contribution in [1.82, 2.24) is 10.6 Å². The van der Waals surface area contributed by atoms with Gasteiger partial charge in [-0.3, -0.25) is 4.79 Å². The zero-order valence-corrected chi connectivity index (χ0v) is 13.2. The van der Waals surface area contributed by atoms with E-state index in [9.17, 15) is 4.79 Å². The zero-order chi connectivity index (χ0) is 15.2. The van der Waals surface area contributed by atoms with Crippen LogP contribution in [0.4, 0.5) is 0 Å². The predicted octanol–water partition coefficient (Wildman–Crippen LogP) is 2.48. The van der Waals surface area contributed by atoms with E-state index in [0.717, 1.165) is 17.9 Å². The molecule has 116 valence electrons. The molecule has 1 amide bonds. The van der Waals surface area contributed by atoms with Gasteiger partial charge in [0.05, 0.1) is 0 Å². The Morgan fingerprint density at radius 2 is 2.00 bits per heavy atom. The Bertz CT molecular complexity index is 470. The highest BCUT2D eigenvalue weighted by Gasteiger charge is 2.20. The molecular formula is C17H26N2O2. The fourth-order valence-corrected chi connectivity index (χ4v) is 1.94. The number of benzene rings is 1. The lowest BCUT2D eigenvalue weighted by Gasteiger charge is -2.18. The van der Waals surface area contributed by atoms with Crippen LogP contribution in [0.3, 0.4) is 0 Å². The normalized spacial score (nSPS) is 15.8. The Morgan fingerprint density at radius 3 is 2.67 bits per heavy atom. The Morgan fingerprint density at radius 1 is 1.29 bits per heavy atom. The molecule has 0 aromatic heterocycles. The summed E-state index contributed by atoms with van der Waals surface area (Å²) in [6.07, 6.45) is 2.52. The number of carbonyl (C=O) groups excluding carboxylic acids is 1. The van der Waals surface area contributed by atoms with Crippen molar-refractivity contribution >= 4 is 5.91 Å². The number of carbonyl (C=O) groups is 1. The van der Waals surface area contributed by atoms with E-state index >= 15 is 0 Å². The van der Waals surface area contributed by atoms with E-state index in [2.05, 4.69) is 24.5 Å². The molecule has 0 aliphatic heterocycles. The zero-order valence-electron chi connectivity index (χ0n) is 13.2. The molecule has 2 N–H and O–H groups in total. The third kappa shape index (κ3) is 5.38. The topological polar surface area (TPSA) is 50.4 Å². The van der Waals surface area contributed by atoms with Gasteiger partial charge in [-0.15, -0.1) is 0 Å². The Labute approximate surface area is 127 Å². The highest BCUT2D eigenvalue weighted by molar-refractivity contribution is 5.77. The summed E-state index contributed by atoms with van der Waals surface area (Å²) < 4.78 is 5.68. The fraction of sp³-hybridized carbons (Fsp3) is 0.588. The third-order valence-electron chi connectivity index (χ3n) is 3.88. The van der Waals surface area contributed by atoms with Crippen LogP contribution < -0.4 is 15.4 Å². The van der Waals surface area contributed by atoms with Crippen LogP contribution in [-0.2, 0) is 11.3 Å². The lowest BCUT2D eigenvalue weighted by molar-refractivity contribution is -0.124. The number of amides is 1. The van der Waals surface area contributed by atoms with Crippen LogP contribution >= 0.6 is 0 Å². The maximum absolute atomic E-state index is 11.9. The first-order valence-corrected chi connectivity index (χ1v) is 7.79. The van der Waals surface area contributed by atoms with Gasteiger partial charge in [0.25, 0.3) is 5.91 Å². The van der Waals surface area contributed by atoms with Crippen molar-refractivity contribution in [2.75, 3.05) is 6.61 Å². The first-order valence-electron chi connectivity index (χ1n) is 7.79. The number of para-hydroxylation sites is 1. The minimum absolute atomic E-state index is 0.0670. The van der Waals surface area contributed by atoms with Gasteiger partial charge >= 0.3 is 0 Å². The smallest absolute Gasteiger partial charge is 0.258 e. The van der Waals surface area contributed by atoms with Gasteiger partial charge in [0.15, 0.2) is 6.61 Å². The standard InChI is InChI=1S/C17H26N2O2/c1-12(2)13(3)19-17(20)11-21-16-7-5-4-6-14(16)10-18-15-8-9-15/h4-7,12-13,15,18H,8-11H2,1-3H3,(H,19,20). The number of nitrogens with one attached hydrogen (secondary N) is 2. The molecule has 1 saturated carbocycles. The minimum Gasteiger partial charge on any atom is -0.483 e. The molecule has 0 saturated heterocycles. The van der Waals surface area contributed by atoms with E-state index in [-0.39, 0.29) is 18.6 Å². The molecular weight excluding hydrogens is 264 g/mol. The summed E-state index contributed by atoms with van der Waals surface area (Å²) in [4.78, 5) is 11.9. The van der Waals surface area contributed by atoms with E-state index in [1.165, 1.54) is 12.8 Å². The van der Waals surface area contributed by atoms with E-state index < -0.39 is 0 Å². The average molecular weight is 290 g/mol. The van der Waals surface area contributed by atoms with Gasteiger partial charge < -0.3 is 15.4 Å². The molecule has 1 aliphatic rings. The first-order chi connectivity index (χ1) is 10.1. The van der Waals surface area contributed by atoms with Crippen LogP contribution in [0.25, 0.3) is 0 Å². The summed E-state index contributed by atoms with van der Waals surface area (Å²) in [6.45, 7) is 7.05. The molecule has 21 heavy (non-hydrogen) atoms. The van der Waals surface area contributed by atoms with Crippen LogP contribution in [0.15, 0.2) is 24.3 Å². The maximum Gasteiger partial charge on any atom is 0.258 e. The number of hydrogen-bond acceptors (Lipinski definition) is 3. The minimum atomic E-state index is -0.0684. The Balaban J connectivity index is 1.82. The van der Waals surface area contributed by atoms with Gasteiger partial charge in [-0.25, -0.2) is 0 Å². The maximum atomic E-state index is 11.9. The van der Waals surface area contributed by atoms with E-state index in [1.54, 1.807) is 0 Å². The van der Waals surface area contributed by atoms with Crippen LogP contribution in [0.5, 0.6) is 5.75 Å². The van der Waals surface area contributed by atoms with Gasteiger partial charge in [-0.05, 0) is 31.7 Å². The summed E-state index contributed by atoms with van der Waals surface area (Å²) in [5, 5.41) is 6.42. The lowest BCUT2D eigenvalue weighted by Crippen LogP contribution is -2.39. The van der Waals surface area contributed by atoms with Crippen molar-refractivity contribution in [3.05, 3.63) is 29.8 Å². The van der Waals surface area contributed by atoms with Crippen molar-refractivity contribution in [1.29, 1.82) is 0 Å². The summed E-state index contributed by atoms with van der Waals surface area (Å²) in [5.74, 6) is 1.14. The summed E-state index contributed by atoms with van der Waals surface area (Å²) >= 11 is 0. The molecule has 0 spiro atoms. The summed E-state index contributed by atoms with van der Waals surface area (Å²) in [5.41, 5.74) is 1.11. The van der Waals surface area contributed by atoms with Gasteiger partial charge in [0.2, 0.25) is 0 Å². The monoisotopic (exact) mass is 290 g/mol. The largest absolute Gasteiger partial charge is 0.483 e. The Kier molecular flexibility index (Phi) is 5.62. The molecule has 1 aliphatic carbocycles. The molecule has 1 fully saturated rings. The second-order valence-corrected chi connectivity index (χ2v) is 6.15. The van der Waals surface area contributed by atoms with Gasteiger partial charge in [0.1, 0.15) is 5.75 Å². The highest BCUT2D eigenvalue weighted by atomic mass is 16.5. The lowest BCUT2D eigenvalue weighted by atomic mass is 10.1. The van der Waals surface area contributed by atoms with E-state index in [0.29, 0.717) is 12.0 Å². The van der Waals surface area contributed by atoms with Crippen molar-refractivity contribution < 1.29 is 9.53 Å². The number of hydrogen-bond donors (Lipinski definition) is 2. The van der Waals surface area contributed by atoms with Gasteiger partial charge in [-0.2, -0.15) is 0 Å². The Hall–Kier alpha value is -1.55. The molecule has 0 heterocycles. The fourth-order valence-electron chi connectivity index (χ4n) is 1.94. The van der Waals surface area contributed by atoms with Crippen LogP contribution in [0.1, 0.15) is 39.2 Å². The third-order valence-corrected chi connectivity index (χ3v) is 3.88. The van der Waals surface area contributed by atoms with Gasteiger partial charge in [0, 0.05) is 24.2 Å². The summed E-state index contributed by atoms with van der Waals surface area (Å²) in [7, 11) is 0. The van der Waals surface area contributed by atoms with Crippen molar-refractivity contribution in [2.24, 2.45) is 5.92 Å². The van der Waals surface area contributed by atoms with Crippen molar-refractivity contribution in [2.45, 2.75) is 52.2 Å². The molecule has 4 nitrogen and oxygen atoms in total. The van der Waals surface area contributed by atoms with Crippen LogP contribution in [0.2, 0.25) is 0 Å². The quantitative estimate of drug-likeness (QED) is 0.773. The SMILES string of the molecule is CC(C)C(C)NC(=O)COc1ccccc1CNC1CC1. The van der Waals surface area contributed by atoms with Crippen LogP contribution in [-0.4, -0.2) is 24.6 Å². The predicted molar refractivity (Wildman–Crippen MR) is 84.2 cm³/mol. The first kappa shape index (κ1) is 15.8. The average Bonchev–Trinajstić information content (AvgIpc) is 3.27. The molecule has 1 aromatic rings. The molecule has 0 radical (unpaired) electrons. The molecule has 1 aromatic carbocycles. The summed E-state index contributed by atoms with van der Waals surface area (Å²) in [6, 6.07) is 8.71. The molecule has 0 bridgehead atoms. The van der Waals surface area contributed by atoms with E-state index in [1.807, 2.05) is 31.2 Å². The highest BCUT2D eigenvalue weighted by Crippen LogP contribution is 2.22. The van der Waals surface area contributed by atoms with Crippen molar-refractivity contribution in [3.8, 4) is 5.75 Å². The molecule has 1 atom stereocenters. The van der Waals surface area contributed by atoms with E-state index in [4.69, 9.17) is 4.74 Å². The van der Waals surface area contributed by atoms with Crippen LogP contribution in [0, 0.1) is 5.92 Å². The van der Waals surface area contributed by atoms with Gasteiger partial charge in [-0.1, -0.05) is 32.0 Å². The second kappa shape index (κ2) is 7.46.